The largest absolute Gasteiger partial charge is 0.378 e. The number of rotatable bonds is 5. The molecule has 118 valence electrons. The molecule has 0 amide bonds. The number of hydrogen-bond acceptors (Lipinski definition) is 2. The van der Waals surface area contributed by atoms with Gasteiger partial charge < -0.3 is 15.5 Å². The van der Waals surface area contributed by atoms with Crippen LogP contribution in [0.15, 0.2) is 23.2 Å². The minimum absolute atomic E-state index is 0. The molecule has 0 atom stereocenters. The highest BCUT2D eigenvalue weighted by Crippen LogP contribution is 2.27. The second-order valence-corrected chi connectivity index (χ2v) is 5.76. The predicted octanol–water partition coefficient (Wildman–Crippen LogP) is 2.75. The zero-order valence-electron chi connectivity index (χ0n) is 13.4. The summed E-state index contributed by atoms with van der Waals surface area (Å²) in [6.07, 6.45) is 2.71. The van der Waals surface area contributed by atoms with Crippen LogP contribution >= 0.6 is 24.0 Å². The molecule has 2 N–H and O–H groups in total. The van der Waals surface area contributed by atoms with Gasteiger partial charge in [-0.05, 0) is 48.9 Å². The number of hydrogen-bond donors (Lipinski definition) is 2. The van der Waals surface area contributed by atoms with Crippen LogP contribution in [0.3, 0.4) is 0 Å². The Bertz CT molecular complexity index is 481. The van der Waals surface area contributed by atoms with Crippen LogP contribution in [0.4, 0.5) is 5.69 Å². The molecular weight excluding hydrogens is 375 g/mol. The van der Waals surface area contributed by atoms with Crippen molar-refractivity contribution in [1.29, 1.82) is 0 Å². The second kappa shape index (κ2) is 8.46. The maximum absolute atomic E-state index is 4.26. The van der Waals surface area contributed by atoms with E-state index in [4.69, 9.17) is 0 Å². The molecule has 0 spiro atoms. The molecule has 1 aliphatic carbocycles. The number of benzene rings is 1. The molecule has 1 aliphatic rings. The van der Waals surface area contributed by atoms with Crippen molar-refractivity contribution in [2.75, 3.05) is 32.6 Å². The van der Waals surface area contributed by atoms with Gasteiger partial charge >= 0.3 is 0 Å². The Kier molecular flexibility index (Phi) is 7.28. The summed E-state index contributed by atoms with van der Waals surface area (Å²) in [5.41, 5.74) is 3.86. The number of guanidine groups is 1. The molecule has 0 bridgehead atoms. The van der Waals surface area contributed by atoms with Crippen LogP contribution in [-0.4, -0.2) is 33.6 Å². The van der Waals surface area contributed by atoms with Gasteiger partial charge in [0.1, 0.15) is 0 Å². The Hall–Kier alpha value is -0.980. The number of aryl methyl sites for hydroxylation is 1. The Labute approximate surface area is 145 Å². The second-order valence-electron chi connectivity index (χ2n) is 5.76. The first kappa shape index (κ1) is 18.1. The van der Waals surface area contributed by atoms with Gasteiger partial charge in [0.2, 0.25) is 0 Å². The van der Waals surface area contributed by atoms with Gasteiger partial charge in [-0.3, -0.25) is 4.99 Å². The van der Waals surface area contributed by atoms with Crippen LogP contribution in [0.2, 0.25) is 0 Å². The fraction of sp³-hybridized carbons (Fsp3) is 0.562. The first-order chi connectivity index (χ1) is 9.60. The van der Waals surface area contributed by atoms with Crippen molar-refractivity contribution in [1.82, 2.24) is 10.6 Å². The van der Waals surface area contributed by atoms with E-state index in [1.54, 1.807) is 0 Å². The van der Waals surface area contributed by atoms with Crippen LogP contribution in [0.1, 0.15) is 24.0 Å². The summed E-state index contributed by atoms with van der Waals surface area (Å²) >= 11 is 0. The molecule has 0 heterocycles. The first-order valence-electron chi connectivity index (χ1n) is 7.31. The van der Waals surface area contributed by atoms with E-state index in [9.17, 15) is 0 Å². The summed E-state index contributed by atoms with van der Waals surface area (Å²) in [6.45, 7) is 4.01. The maximum atomic E-state index is 4.26. The molecule has 1 saturated carbocycles. The van der Waals surface area contributed by atoms with E-state index < -0.39 is 0 Å². The molecule has 1 aromatic rings. The van der Waals surface area contributed by atoms with E-state index in [2.05, 4.69) is 59.7 Å². The Morgan fingerprint density at radius 1 is 1.29 bits per heavy atom. The lowest BCUT2D eigenvalue weighted by molar-refractivity contribution is 0.736. The van der Waals surface area contributed by atoms with Gasteiger partial charge in [-0.2, -0.15) is 0 Å². The number of anilines is 1. The van der Waals surface area contributed by atoms with E-state index in [0.717, 1.165) is 25.0 Å². The summed E-state index contributed by atoms with van der Waals surface area (Å²) in [6, 6.07) is 6.56. The number of halogens is 1. The maximum Gasteiger partial charge on any atom is 0.191 e. The molecular formula is C16H27IN4. The lowest BCUT2D eigenvalue weighted by Crippen LogP contribution is -2.38. The van der Waals surface area contributed by atoms with Gasteiger partial charge in [-0.25, -0.2) is 0 Å². The highest BCUT2D eigenvalue weighted by atomic mass is 127. The fourth-order valence-electron chi connectivity index (χ4n) is 2.12. The van der Waals surface area contributed by atoms with E-state index in [-0.39, 0.29) is 24.0 Å². The Morgan fingerprint density at radius 2 is 2.00 bits per heavy atom. The zero-order chi connectivity index (χ0) is 14.5. The molecule has 4 nitrogen and oxygen atoms in total. The molecule has 21 heavy (non-hydrogen) atoms. The summed E-state index contributed by atoms with van der Waals surface area (Å²) < 4.78 is 0. The highest BCUT2D eigenvalue weighted by molar-refractivity contribution is 14.0. The smallest absolute Gasteiger partial charge is 0.191 e. The van der Waals surface area contributed by atoms with Crippen molar-refractivity contribution in [3.63, 3.8) is 0 Å². The first-order valence-corrected chi connectivity index (χ1v) is 7.31. The molecule has 1 aromatic carbocycles. The van der Waals surface area contributed by atoms with E-state index in [1.807, 2.05) is 7.05 Å². The standard InChI is InChI=1S/C16H26N4.HI/c1-12-9-15(20(3)4)8-7-14(12)11-19-16(17-2)18-10-13-5-6-13;/h7-9,13H,5-6,10-11H2,1-4H3,(H2,17,18,19);1H. The SMILES string of the molecule is CN=C(NCc1ccc(N(C)C)cc1C)NCC1CC1.I. The van der Waals surface area contributed by atoms with Gasteiger partial charge in [0, 0.05) is 39.9 Å². The molecule has 0 aromatic heterocycles. The molecule has 5 heteroatoms. The van der Waals surface area contributed by atoms with Crippen molar-refractivity contribution >= 4 is 35.6 Å². The third-order valence-electron chi connectivity index (χ3n) is 3.77. The van der Waals surface area contributed by atoms with Crippen LogP contribution in [0.5, 0.6) is 0 Å². The monoisotopic (exact) mass is 402 g/mol. The van der Waals surface area contributed by atoms with E-state index in [1.165, 1.54) is 29.7 Å². The molecule has 0 radical (unpaired) electrons. The summed E-state index contributed by atoms with van der Waals surface area (Å²) in [4.78, 5) is 6.39. The van der Waals surface area contributed by atoms with Crippen LogP contribution in [0, 0.1) is 12.8 Å². The van der Waals surface area contributed by atoms with Gasteiger partial charge in [-0.15, -0.1) is 24.0 Å². The van der Waals surface area contributed by atoms with E-state index in [0.29, 0.717) is 0 Å². The third kappa shape index (κ3) is 5.73. The Morgan fingerprint density at radius 3 is 2.52 bits per heavy atom. The zero-order valence-corrected chi connectivity index (χ0v) is 15.8. The normalized spacial score (nSPS) is 14.4. The third-order valence-corrected chi connectivity index (χ3v) is 3.77. The lowest BCUT2D eigenvalue weighted by atomic mass is 10.1. The number of nitrogens with one attached hydrogen (secondary N) is 2. The summed E-state index contributed by atoms with van der Waals surface area (Å²) in [7, 11) is 5.96. The molecule has 2 rings (SSSR count). The summed E-state index contributed by atoms with van der Waals surface area (Å²) in [5.74, 6) is 1.75. The molecule has 1 fully saturated rings. The van der Waals surface area contributed by atoms with Crippen molar-refractivity contribution in [3.8, 4) is 0 Å². The predicted molar refractivity (Wildman–Crippen MR) is 102 cm³/mol. The summed E-state index contributed by atoms with van der Waals surface area (Å²) in [5, 5.41) is 6.76. The average Bonchev–Trinajstić information content (AvgIpc) is 3.24. The quantitative estimate of drug-likeness (QED) is 0.452. The topological polar surface area (TPSA) is 39.7 Å². The van der Waals surface area contributed by atoms with Crippen molar-refractivity contribution in [2.24, 2.45) is 10.9 Å². The van der Waals surface area contributed by atoms with Crippen LogP contribution in [0.25, 0.3) is 0 Å². The minimum atomic E-state index is 0. The van der Waals surface area contributed by atoms with Gasteiger partial charge in [0.05, 0.1) is 0 Å². The van der Waals surface area contributed by atoms with Crippen molar-refractivity contribution < 1.29 is 0 Å². The molecule has 0 saturated heterocycles. The Balaban J connectivity index is 0.00000220. The van der Waals surface area contributed by atoms with Crippen molar-refractivity contribution in [3.05, 3.63) is 29.3 Å². The fourth-order valence-corrected chi connectivity index (χ4v) is 2.12. The van der Waals surface area contributed by atoms with Gasteiger partial charge in [0.15, 0.2) is 5.96 Å². The molecule has 0 unspecified atom stereocenters. The number of nitrogens with zero attached hydrogens (tertiary/aromatic N) is 2. The van der Waals surface area contributed by atoms with Crippen molar-refractivity contribution in [2.45, 2.75) is 26.3 Å². The van der Waals surface area contributed by atoms with Gasteiger partial charge in [0.25, 0.3) is 0 Å². The van der Waals surface area contributed by atoms with E-state index >= 15 is 0 Å². The number of aliphatic imine (C=N–C) groups is 1. The van der Waals surface area contributed by atoms with Crippen LogP contribution < -0.4 is 15.5 Å². The van der Waals surface area contributed by atoms with Crippen LogP contribution in [-0.2, 0) is 6.54 Å². The average molecular weight is 402 g/mol. The highest BCUT2D eigenvalue weighted by Gasteiger charge is 2.21. The molecule has 0 aliphatic heterocycles. The minimum Gasteiger partial charge on any atom is -0.378 e. The lowest BCUT2D eigenvalue weighted by Gasteiger charge is -2.16. The van der Waals surface area contributed by atoms with Gasteiger partial charge in [-0.1, -0.05) is 6.07 Å².